The van der Waals surface area contributed by atoms with Gasteiger partial charge in [0.25, 0.3) is 5.91 Å². The van der Waals surface area contributed by atoms with Gasteiger partial charge in [0.15, 0.2) is 0 Å². The second kappa shape index (κ2) is 4.18. The van der Waals surface area contributed by atoms with Gasteiger partial charge in [0.2, 0.25) is 0 Å². The van der Waals surface area contributed by atoms with E-state index in [4.69, 9.17) is 0 Å². The summed E-state index contributed by atoms with van der Waals surface area (Å²) in [5.74, 6) is 0.234. The molecule has 1 amide bonds. The Labute approximate surface area is 99.5 Å². The van der Waals surface area contributed by atoms with Crippen molar-refractivity contribution in [3.63, 3.8) is 0 Å². The third kappa shape index (κ3) is 1.66. The van der Waals surface area contributed by atoms with Gasteiger partial charge in [-0.25, -0.2) is 0 Å². The van der Waals surface area contributed by atoms with Crippen molar-refractivity contribution in [1.82, 2.24) is 10.2 Å². The van der Waals surface area contributed by atoms with Crippen LogP contribution < -0.4 is 5.32 Å². The number of hydrogen-bond acceptors (Lipinski definition) is 3. The van der Waals surface area contributed by atoms with Crippen LogP contribution in [0.25, 0.3) is 0 Å². The van der Waals surface area contributed by atoms with Gasteiger partial charge >= 0.3 is 0 Å². The molecule has 2 aliphatic heterocycles. The van der Waals surface area contributed by atoms with Crippen molar-refractivity contribution in [2.24, 2.45) is 0 Å². The van der Waals surface area contributed by atoms with E-state index < -0.39 is 0 Å². The molecule has 4 heteroatoms. The molecule has 0 spiro atoms. The summed E-state index contributed by atoms with van der Waals surface area (Å²) in [6.45, 7) is 2.01. The van der Waals surface area contributed by atoms with Crippen LogP contribution in [0.1, 0.15) is 29.6 Å². The summed E-state index contributed by atoms with van der Waals surface area (Å²) < 4.78 is 0. The van der Waals surface area contributed by atoms with Gasteiger partial charge in [0.05, 0.1) is 5.56 Å². The van der Waals surface area contributed by atoms with Gasteiger partial charge < -0.3 is 10.2 Å². The highest BCUT2D eigenvalue weighted by molar-refractivity contribution is 7.08. The fourth-order valence-corrected chi connectivity index (χ4v) is 3.48. The summed E-state index contributed by atoms with van der Waals surface area (Å²) in [4.78, 5) is 14.5. The van der Waals surface area contributed by atoms with Crippen LogP contribution in [-0.2, 0) is 0 Å². The maximum absolute atomic E-state index is 12.4. The molecule has 0 radical (unpaired) electrons. The molecule has 2 atom stereocenters. The molecule has 3 heterocycles. The van der Waals surface area contributed by atoms with Gasteiger partial charge in [-0.2, -0.15) is 11.3 Å². The van der Waals surface area contributed by atoms with Gasteiger partial charge in [-0.1, -0.05) is 0 Å². The third-order valence-electron chi connectivity index (χ3n) is 3.66. The number of carbonyl (C=O) groups excluding carboxylic acids is 1. The first kappa shape index (κ1) is 10.3. The van der Waals surface area contributed by atoms with E-state index in [1.54, 1.807) is 11.3 Å². The predicted octanol–water partition coefficient (Wildman–Crippen LogP) is 1.71. The lowest BCUT2D eigenvalue weighted by atomic mass is 10.1. The molecule has 0 aliphatic carbocycles. The Morgan fingerprint density at radius 3 is 3.06 bits per heavy atom. The molecule has 3 nitrogen and oxygen atoms in total. The second-order valence-electron chi connectivity index (χ2n) is 4.60. The molecule has 16 heavy (non-hydrogen) atoms. The smallest absolute Gasteiger partial charge is 0.255 e. The lowest BCUT2D eigenvalue weighted by molar-refractivity contribution is 0.0681. The van der Waals surface area contributed by atoms with Crippen LogP contribution in [0.4, 0.5) is 0 Å². The molecule has 1 N–H and O–H groups in total. The topological polar surface area (TPSA) is 32.3 Å². The Bertz CT molecular complexity index is 362. The molecular formula is C12H16N2OS. The fourth-order valence-electron chi connectivity index (χ4n) is 2.85. The summed E-state index contributed by atoms with van der Waals surface area (Å²) >= 11 is 1.60. The largest absolute Gasteiger partial charge is 0.331 e. The first-order chi connectivity index (χ1) is 7.86. The van der Waals surface area contributed by atoms with Gasteiger partial charge in [0, 0.05) is 24.0 Å². The Balaban J connectivity index is 1.85. The zero-order valence-electron chi connectivity index (χ0n) is 9.19. The molecular weight excluding hydrogens is 220 g/mol. The molecule has 2 bridgehead atoms. The molecule has 86 valence electrons. The summed E-state index contributed by atoms with van der Waals surface area (Å²) in [5, 5.41) is 7.35. The van der Waals surface area contributed by atoms with Gasteiger partial charge in [-0.3, -0.25) is 4.79 Å². The summed E-state index contributed by atoms with van der Waals surface area (Å²) in [6.07, 6.45) is 3.45. The van der Waals surface area contributed by atoms with Crippen molar-refractivity contribution in [3.05, 3.63) is 22.4 Å². The summed E-state index contributed by atoms with van der Waals surface area (Å²) in [7, 11) is 0. The minimum Gasteiger partial charge on any atom is -0.331 e. The Kier molecular flexibility index (Phi) is 2.69. The van der Waals surface area contributed by atoms with E-state index in [0.29, 0.717) is 12.1 Å². The number of fused-ring (bicyclic) bond motifs is 2. The molecule has 0 saturated carbocycles. The van der Waals surface area contributed by atoms with E-state index in [1.165, 1.54) is 6.42 Å². The Hall–Kier alpha value is -0.870. The van der Waals surface area contributed by atoms with Gasteiger partial charge in [-0.05, 0) is 37.3 Å². The molecule has 2 unspecified atom stereocenters. The minimum absolute atomic E-state index is 0.234. The van der Waals surface area contributed by atoms with Crippen LogP contribution in [0.15, 0.2) is 16.8 Å². The van der Waals surface area contributed by atoms with Crippen molar-refractivity contribution < 1.29 is 4.79 Å². The predicted molar refractivity (Wildman–Crippen MR) is 64.8 cm³/mol. The molecule has 2 saturated heterocycles. The lowest BCUT2D eigenvalue weighted by Crippen LogP contribution is -2.42. The van der Waals surface area contributed by atoms with Crippen molar-refractivity contribution in [2.45, 2.75) is 31.3 Å². The van der Waals surface area contributed by atoms with E-state index in [-0.39, 0.29) is 5.91 Å². The molecule has 3 rings (SSSR count). The SMILES string of the molecule is O=C(c1ccsc1)N1C2CCNCC1CC2. The van der Waals surface area contributed by atoms with E-state index in [9.17, 15) is 4.79 Å². The monoisotopic (exact) mass is 236 g/mol. The van der Waals surface area contributed by atoms with Crippen LogP contribution in [0.3, 0.4) is 0 Å². The summed E-state index contributed by atoms with van der Waals surface area (Å²) in [6, 6.07) is 2.82. The number of rotatable bonds is 1. The standard InChI is InChI=1S/C12H16N2OS/c15-12(9-4-6-16-8-9)14-10-1-2-11(14)7-13-5-3-10/h4,6,8,10-11,13H,1-3,5,7H2. The normalized spacial score (nSPS) is 29.1. The number of nitrogens with one attached hydrogen (secondary N) is 1. The van der Waals surface area contributed by atoms with Crippen molar-refractivity contribution in [2.75, 3.05) is 13.1 Å². The van der Waals surface area contributed by atoms with E-state index >= 15 is 0 Å². The number of thiophene rings is 1. The number of nitrogens with zero attached hydrogens (tertiary/aromatic N) is 1. The maximum atomic E-state index is 12.4. The minimum atomic E-state index is 0.234. The van der Waals surface area contributed by atoms with Crippen LogP contribution in [0, 0.1) is 0 Å². The first-order valence-electron chi connectivity index (χ1n) is 5.92. The fraction of sp³-hybridized carbons (Fsp3) is 0.583. The van der Waals surface area contributed by atoms with Crippen molar-refractivity contribution in [1.29, 1.82) is 0 Å². The molecule has 0 aromatic carbocycles. The second-order valence-corrected chi connectivity index (χ2v) is 5.38. The first-order valence-corrected chi connectivity index (χ1v) is 6.86. The average Bonchev–Trinajstić information content (AvgIpc) is 2.84. The Morgan fingerprint density at radius 2 is 2.25 bits per heavy atom. The highest BCUT2D eigenvalue weighted by Gasteiger charge is 2.38. The number of amides is 1. The van der Waals surface area contributed by atoms with Gasteiger partial charge in [-0.15, -0.1) is 0 Å². The van der Waals surface area contributed by atoms with Gasteiger partial charge in [0.1, 0.15) is 0 Å². The van der Waals surface area contributed by atoms with E-state index in [1.807, 2.05) is 16.8 Å². The van der Waals surface area contributed by atoms with Crippen LogP contribution in [-0.4, -0.2) is 36.0 Å². The zero-order valence-corrected chi connectivity index (χ0v) is 10.0. The quantitative estimate of drug-likeness (QED) is 0.805. The summed E-state index contributed by atoms with van der Waals surface area (Å²) in [5.41, 5.74) is 0.865. The maximum Gasteiger partial charge on any atom is 0.255 e. The van der Waals surface area contributed by atoms with Crippen LogP contribution in [0.5, 0.6) is 0 Å². The number of hydrogen-bond donors (Lipinski definition) is 1. The van der Waals surface area contributed by atoms with Crippen molar-refractivity contribution >= 4 is 17.2 Å². The van der Waals surface area contributed by atoms with E-state index in [2.05, 4.69) is 10.2 Å². The van der Waals surface area contributed by atoms with Crippen LogP contribution >= 0.6 is 11.3 Å². The highest BCUT2D eigenvalue weighted by atomic mass is 32.1. The third-order valence-corrected chi connectivity index (χ3v) is 4.34. The van der Waals surface area contributed by atoms with Crippen molar-refractivity contribution in [3.8, 4) is 0 Å². The average molecular weight is 236 g/mol. The van der Waals surface area contributed by atoms with Crippen LogP contribution in [0.2, 0.25) is 0 Å². The molecule has 1 aromatic heterocycles. The molecule has 2 fully saturated rings. The molecule has 2 aliphatic rings. The molecule has 1 aromatic rings. The lowest BCUT2D eigenvalue weighted by Gasteiger charge is -2.27. The highest BCUT2D eigenvalue weighted by Crippen LogP contribution is 2.29. The zero-order chi connectivity index (χ0) is 11.0. The van der Waals surface area contributed by atoms with E-state index in [0.717, 1.165) is 31.5 Å². The Morgan fingerprint density at radius 1 is 1.38 bits per heavy atom. The number of carbonyl (C=O) groups is 1.